The van der Waals surface area contributed by atoms with Gasteiger partial charge in [0.25, 0.3) is 0 Å². The molecule has 0 unspecified atom stereocenters. The SMILES string of the molecule is CC(C)[C@@H](CO)NC(=O)C1(C#N)CCOCC1. The van der Waals surface area contributed by atoms with E-state index in [9.17, 15) is 15.2 Å². The lowest BCUT2D eigenvalue weighted by Crippen LogP contribution is -2.50. The summed E-state index contributed by atoms with van der Waals surface area (Å²) in [5.74, 6) is -0.143. The molecule has 0 aromatic rings. The van der Waals surface area contributed by atoms with E-state index >= 15 is 0 Å². The number of hydrogen-bond donors (Lipinski definition) is 2. The van der Waals surface area contributed by atoms with Gasteiger partial charge in [0, 0.05) is 13.2 Å². The molecule has 5 nitrogen and oxygen atoms in total. The van der Waals surface area contributed by atoms with Gasteiger partial charge in [0.15, 0.2) is 0 Å². The van der Waals surface area contributed by atoms with Crippen molar-refractivity contribution in [3.8, 4) is 6.07 Å². The number of aliphatic hydroxyl groups excluding tert-OH is 1. The van der Waals surface area contributed by atoms with Crippen LogP contribution >= 0.6 is 0 Å². The van der Waals surface area contributed by atoms with E-state index in [0.29, 0.717) is 26.1 Å². The Labute approximate surface area is 102 Å². The Bertz CT molecular complexity index is 303. The van der Waals surface area contributed by atoms with Crippen LogP contribution in [0.15, 0.2) is 0 Å². The summed E-state index contributed by atoms with van der Waals surface area (Å²) in [6.45, 7) is 4.61. The lowest BCUT2D eigenvalue weighted by molar-refractivity contribution is -0.133. The minimum absolute atomic E-state index is 0.110. The molecule has 1 amide bonds. The minimum atomic E-state index is -0.986. The van der Waals surface area contributed by atoms with Crippen molar-refractivity contribution in [1.29, 1.82) is 5.26 Å². The van der Waals surface area contributed by atoms with Crippen LogP contribution in [0, 0.1) is 22.7 Å². The van der Waals surface area contributed by atoms with Gasteiger partial charge in [-0.2, -0.15) is 5.26 Å². The molecule has 1 heterocycles. The third-order valence-corrected chi connectivity index (χ3v) is 3.31. The Hall–Kier alpha value is -1.12. The van der Waals surface area contributed by atoms with E-state index in [2.05, 4.69) is 11.4 Å². The van der Waals surface area contributed by atoms with Gasteiger partial charge in [-0.15, -0.1) is 0 Å². The molecular formula is C12H20N2O3. The Kier molecular flexibility index (Phi) is 4.91. The zero-order valence-corrected chi connectivity index (χ0v) is 10.4. The summed E-state index contributed by atoms with van der Waals surface area (Å²) in [5, 5.41) is 21.1. The van der Waals surface area contributed by atoms with Gasteiger partial charge in [0.2, 0.25) is 5.91 Å². The van der Waals surface area contributed by atoms with Crippen molar-refractivity contribution in [2.45, 2.75) is 32.7 Å². The number of hydrogen-bond acceptors (Lipinski definition) is 4. The predicted octanol–water partition coefficient (Wildman–Crippen LogP) is 0.440. The Morgan fingerprint density at radius 1 is 1.53 bits per heavy atom. The third-order valence-electron chi connectivity index (χ3n) is 3.31. The molecule has 5 heteroatoms. The molecule has 0 aromatic carbocycles. The number of carbonyl (C=O) groups is 1. The number of ether oxygens (including phenoxy) is 1. The van der Waals surface area contributed by atoms with Crippen LogP contribution in [0.4, 0.5) is 0 Å². The molecular weight excluding hydrogens is 220 g/mol. The van der Waals surface area contributed by atoms with Crippen molar-refractivity contribution in [1.82, 2.24) is 5.32 Å². The number of carbonyl (C=O) groups excluding carboxylic acids is 1. The number of aliphatic hydroxyl groups is 1. The van der Waals surface area contributed by atoms with Gasteiger partial charge in [0.05, 0.1) is 18.7 Å². The first-order chi connectivity index (χ1) is 8.05. The van der Waals surface area contributed by atoms with E-state index in [0.717, 1.165) is 0 Å². The summed E-state index contributed by atoms with van der Waals surface area (Å²) in [6.07, 6.45) is 0.844. The van der Waals surface area contributed by atoms with Gasteiger partial charge in [0.1, 0.15) is 5.41 Å². The first-order valence-electron chi connectivity index (χ1n) is 5.96. The largest absolute Gasteiger partial charge is 0.394 e. The molecule has 0 aliphatic carbocycles. The highest BCUT2D eigenvalue weighted by Crippen LogP contribution is 2.30. The van der Waals surface area contributed by atoms with Crippen molar-refractivity contribution in [2.75, 3.05) is 19.8 Å². The van der Waals surface area contributed by atoms with E-state index in [4.69, 9.17) is 4.74 Å². The second-order valence-electron chi connectivity index (χ2n) is 4.81. The summed E-state index contributed by atoms with van der Waals surface area (Å²) >= 11 is 0. The fraction of sp³-hybridized carbons (Fsp3) is 0.833. The maximum Gasteiger partial charge on any atom is 0.240 e. The van der Waals surface area contributed by atoms with Crippen LogP contribution in [-0.2, 0) is 9.53 Å². The van der Waals surface area contributed by atoms with Crippen LogP contribution in [0.1, 0.15) is 26.7 Å². The number of rotatable bonds is 4. The normalized spacial score (nSPS) is 20.6. The molecule has 0 aromatic heterocycles. The van der Waals surface area contributed by atoms with E-state index in [-0.39, 0.29) is 24.5 Å². The monoisotopic (exact) mass is 240 g/mol. The average molecular weight is 240 g/mol. The molecule has 0 bridgehead atoms. The number of nitriles is 1. The second kappa shape index (κ2) is 5.99. The highest BCUT2D eigenvalue weighted by atomic mass is 16.5. The van der Waals surface area contributed by atoms with Crippen molar-refractivity contribution in [3.05, 3.63) is 0 Å². The molecule has 1 fully saturated rings. The smallest absolute Gasteiger partial charge is 0.240 e. The molecule has 0 radical (unpaired) electrons. The third kappa shape index (κ3) is 3.18. The maximum atomic E-state index is 12.1. The summed E-state index contributed by atoms with van der Waals surface area (Å²) < 4.78 is 5.18. The lowest BCUT2D eigenvalue weighted by Gasteiger charge is -2.31. The molecule has 1 saturated heterocycles. The van der Waals surface area contributed by atoms with Crippen LogP contribution in [0.25, 0.3) is 0 Å². The molecule has 0 spiro atoms. The highest BCUT2D eigenvalue weighted by Gasteiger charge is 2.41. The maximum absolute atomic E-state index is 12.1. The van der Waals surface area contributed by atoms with Crippen molar-refractivity contribution in [2.24, 2.45) is 11.3 Å². The Morgan fingerprint density at radius 2 is 2.12 bits per heavy atom. The van der Waals surface area contributed by atoms with E-state index < -0.39 is 5.41 Å². The first-order valence-corrected chi connectivity index (χ1v) is 5.96. The quantitative estimate of drug-likeness (QED) is 0.747. The van der Waals surface area contributed by atoms with Crippen LogP contribution in [0.5, 0.6) is 0 Å². The topological polar surface area (TPSA) is 82.4 Å². The second-order valence-corrected chi connectivity index (χ2v) is 4.81. The highest BCUT2D eigenvalue weighted by molar-refractivity contribution is 5.85. The van der Waals surface area contributed by atoms with Crippen LogP contribution in [0.2, 0.25) is 0 Å². The van der Waals surface area contributed by atoms with E-state index in [1.807, 2.05) is 13.8 Å². The van der Waals surface area contributed by atoms with Gasteiger partial charge < -0.3 is 15.2 Å². The molecule has 1 aliphatic heterocycles. The van der Waals surface area contributed by atoms with E-state index in [1.165, 1.54) is 0 Å². The lowest BCUT2D eigenvalue weighted by atomic mass is 9.80. The molecule has 0 saturated carbocycles. The minimum Gasteiger partial charge on any atom is -0.394 e. The zero-order valence-electron chi connectivity index (χ0n) is 10.4. The van der Waals surface area contributed by atoms with Crippen molar-refractivity contribution >= 4 is 5.91 Å². The number of nitrogens with zero attached hydrogens (tertiary/aromatic N) is 1. The number of nitrogens with one attached hydrogen (secondary N) is 1. The standard InChI is InChI=1S/C12H20N2O3/c1-9(2)10(7-15)14-11(16)12(8-13)3-5-17-6-4-12/h9-10,15H,3-7H2,1-2H3,(H,14,16)/t10-/m1/s1. The average Bonchev–Trinajstić information content (AvgIpc) is 2.35. The summed E-state index contributed by atoms with van der Waals surface area (Å²) in [4.78, 5) is 12.1. The molecule has 1 rings (SSSR count). The van der Waals surface area contributed by atoms with Gasteiger partial charge >= 0.3 is 0 Å². The van der Waals surface area contributed by atoms with Crippen molar-refractivity contribution in [3.63, 3.8) is 0 Å². The molecule has 2 N–H and O–H groups in total. The molecule has 1 atom stereocenters. The van der Waals surface area contributed by atoms with Gasteiger partial charge in [-0.3, -0.25) is 4.79 Å². The molecule has 1 aliphatic rings. The van der Waals surface area contributed by atoms with Crippen LogP contribution in [0.3, 0.4) is 0 Å². The van der Waals surface area contributed by atoms with Gasteiger partial charge in [-0.05, 0) is 18.8 Å². The summed E-state index contributed by atoms with van der Waals surface area (Å²) in [7, 11) is 0. The van der Waals surface area contributed by atoms with Gasteiger partial charge in [-0.1, -0.05) is 13.8 Å². The van der Waals surface area contributed by atoms with Gasteiger partial charge in [-0.25, -0.2) is 0 Å². The zero-order chi connectivity index (χ0) is 12.9. The summed E-state index contributed by atoms with van der Waals surface area (Å²) in [6, 6.07) is 1.82. The van der Waals surface area contributed by atoms with Crippen LogP contribution < -0.4 is 5.32 Å². The molecule has 96 valence electrons. The first kappa shape index (κ1) is 13.9. The summed E-state index contributed by atoms with van der Waals surface area (Å²) in [5.41, 5.74) is -0.986. The predicted molar refractivity (Wildman–Crippen MR) is 62.0 cm³/mol. The Morgan fingerprint density at radius 3 is 2.53 bits per heavy atom. The Balaban J connectivity index is 2.70. The van der Waals surface area contributed by atoms with E-state index in [1.54, 1.807) is 0 Å². The van der Waals surface area contributed by atoms with Crippen molar-refractivity contribution < 1.29 is 14.6 Å². The number of amides is 1. The fourth-order valence-corrected chi connectivity index (χ4v) is 1.84. The van der Waals surface area contributed by atoms with Crippen LogP contribution in [-0.4, -0.2) is 36.9 Å². The fourth-order valence-electron chi connectivity index (χ4n) is 1.84. The molecule has 17 heavy (non-hydrogen) atoms.